The summed E-state index contributed by atoms with van der Waals surface area (Å²) in [4.78, 5) is 23.4. The maximum Gasteiger partial charge on any atom is 0.338 e. The summed E-state index contributed by atoms with van der Waals surface area (Å²) in [5, 5.41) is 9.98. The molecule has 0 aromatic heterocycles. The van der Waals surface area contributed by atoms with Crippen LogP contribution in [0.4, 0.5) is 0 Å². The number of hydrogen-bond donors (Lipinski definition) is 1. The molecule has 0 fully saturated rings. The summed E-state index contributed by atoms with van der Waals surface area (Å²) in [6.45, 7) is 1.55. The first-order valence-corrected chi connectivity index (χ1v) is 6.66. The zero-order valence-electron chi connectivity index (χ0n) is 12.3. The van der Waals surface area contributed by atoms with Gasteiger partial charge in [-0.25, -0.2) is 4.79 Å². The lowest BCUT2D eigenvalue weighted by Crippen LogP contribution is -2.09. The van der Waals surface area contributed by atoms with Crippen molar-refractivity contribution < 1.29 is 24.2 Å². The van der Waals surface area contributed by atoms with Crippen molar-refractivity contribution in [1.29, 1.82) is 0 Å². The van der Waals surface area contributed by atoms with Crippen LogP contribution in [0.15, 0.2) is 42.5 Å². The van der Waals surface area contributed by atoms with Gasteiger partial charge in [-0.05, 0) is 18.6 Å². The van der Waals surface area contributed by atoms with Gasteiger partial charge in [0.1, 0.15) is 18.1 Å². The van der Waals surface area contributed by atoms with Crippen LogP contribution in [-0.4, -0.2) is 24.0 Å². The third-order valence-corrected chi connectivity index (χ3v) is 3.10. The summed E-state index contributed by atoms with van der Waals surface area (Å²) in [6, 6.07) is 12.2. The van der Waals surface area contributed by atoms with E-state index in [4.69, 9.17) is 4.74 Å². The number of ketones is 1. The smallest absolute Gasteiger partial charge is 0.338 e. The number of phenols is 1. The summed E-state index contributed by atoms with van der Waals surface area (Å²) in [5.41, 5.74) is 0.856. The van der Waals surface area contributed by atoms with Gasteiger partial charge in [0.05, 0.1) is 18.2 Å². The Labute approximate surface area is 128 Å². The third kappa shape index (κ3) is 3.44. The molecule has 0 aliphatic carbocycles. The highest BCUT2D eigenvalue weighted by molar-refractivity contribution is 6.07. The zero-order valence-corrected chi connectivity index (χ0v) is 12.3. The van der Waals surface area contributed by atoms with Crippen LogP contribution in [0.3, 0.4) is 0 Å². The Morgan fingerprint density at radius 3 is 2.41 bits per heavy atom. The maximum atomic E-state index is 11.8. The number of carbonyl (C=O) groups is 2. The second-order valence-corrected chi connectivity index (χ2v) is 4.69. The fraction of sp³-hybridized carbons (Fsp3) is 0.176. The van der Waals surface area contributed by atoms with Crippen LogP contribution >= 0.6 is 0 Å². The number of Topliss-reactive ketones (excluding diaryl/α,β-unsaturated/α-hetero) is 1. The Morgan fingerprint density at radius 2 is 1.82 bits per heavy atom. The molecule has 0 amide bonds. The summed E-state index contributed by atoms with van der Waals surface area (Å²) < 4.78 is 10.2. The highest BCUT2D eigenvalue weighted by atomic mass is 16.5. The second kappa shape index (κ2) is 6.76. The molecule has 5 heteroatoms. The molecular weight excluding hydrogens is 284 g/mol. The van der Waals surface area contributed by atoms with Gasteiger partial charge in [0.2, 0.25) is 0 Å². The summed E-state index contributed by atoms with van der Waals surface area (Å²) in [5.74, 6) is -1.15. The molecule has 2 aromatic carbocycles. The lowest BCUT2D eigenvalue weighted by atomic mass is 10.0. The third-order valence-electron chi connectivity index (χ3n) is 3.10. The zero-order chi connectivity index (χ0) is 16.1. The molecule has 0 spiro atoms. The van der Waals surface area contributed by atoms with Crippen LogP contribution in [0.1, 0.15) is 33.2 Å². The first-order valence-electron chi connectivity index (χ1n) is 6.66. The molecule has 2 rings (SSSR count). The van der Waals surface area contributed by atoms with Crippen molar-refractivity contribution in [3.05, 3.63) is 59.2 Å². The highest BCUT2D eigenvalue weighted by Gasteiger charge is 2.21. The van der Waals surface area contributed by atoms with Gasteiger partial charge in [-0.2, -0.15) is 0 Å². The highest BCUT2D eigenvalue weighted by Crippen LogP contribution is 2.29. The van der Waals surface area contributed by atoms with Gasteiger partial charge in [-0.3, -0.25) is 4.79 Å². The normalized spacial score (nSPS) is 10.1. The Bertz CT molecular complexity index is 692. The van der Waals surface area contributed by atoms with Gasteiger partial charge in [0.15, 0.2) is 5.78 Å². The van der Waals surface area contributed by atoms with Crippen molar-refractivity contribution in [2.45, 2.75) is 13.5 Å². The van der Waals surface area contributed by atoms with E-state index in [1.54, 1.807) is 0 Å². The van der Waals surface area contributed by atoms with Crippen LogP contribution in [0.2, 0.25) is 0 Å². The van der Waals surface area contributed by atoms with Gasteiger partial charge in [0, 0.05) is 6.07 Å². The van der Waals surface area contributed by atoms with Gasteiger partial charge in [0.25, 0.3) is 0 Å². The number of benzene rings is 2. The van der Waals surface area contributed by atoms with Crippen LogP contribution in [-0.2, 0) is 11.3 Å². The Kier molecular flexibility index (Phi) is 4.78. The van der Waals surface area contributed by atoms with E-state index >= 15 is 0 Å². The summed E-state index contributed by atoms with van der Waals surface area (Å²) in [6.07, 6.45) is 0. The number of rotatable bonds is 5. The number of phenolic OH excluding ortho intramolecular Hbond substituents is 1. The minimum atomic E-state index is -0.703. The van der Waals surface area contributed by atoms with Crippen molar-refractivity contribution in [3.8, 4) is 11.5 Å². The van der Waals surface area contributed by atoms with E-state index in [0.717, 1.165) is 5.56 Å². The molecule has 0 bridgehead atoms. The monoisotopic (exact) mass is 300 g/mol. The SMILES string of the molecule is COC(=O)c1cc(OCc2ccccc2)cc(O)c1C(C)=O. The first-order chi connectivity index (χ1) is 10.5. The van der Waals surface area contributed by atoms with Crippen LogP contribution in [0.5, 0.6) is 11.5 Å². The molecular formula is C17H16O5. The molecule has 0 heterocycles. The van der Waals surface area contributed by atoms with Crippen LogP contribution < -0.4 is 4.74 Å². The topological polar surface area (TPSA) is 72.8 Å². The van der Waals surface area contributed by atoms with E-state index < -0.39 is 11.8 Å². The summed E-state index contributed by atoms with van der Waals surface area (Å²) in [7, 11) is 1.21. The van der Waals surface area contributed by atoms with Crippen molar-refractivity contribution in [2.24, 2.45) is 0 Å². The molecule has 0 radical (unpaired) electrons. The molecule has 2 aromatic rings. The van der Waals surface area contributed by atoms with Crippen LogP contribution in [0.25, 0.3) is 0 Å². The molecule has 0 atom stereocenters. The Morgan fingerprint density at radius 1 is 1.14 bits per heavy atom. The van der Waals surface area contributed by atoms with Gasteiger partial charge >= 0.3 is 5.97 Å². The van der Waals surface area contributed by atoms with E-state index in [-0.39, 0.29) is 29.2 Å². The van der Waals surface area contributed by atoms with E-state index in [2.05, 4.69) is 4.74 Å². The van der Waals surface area contributed by atoms with Crippen molar-refractivity contribution in [3.63, 3.8) is 0 Å². The number of carbonyl (C=O) groups excluding carboxylic acids is 2. The molecule has 114 valence electrons. The lowest BCUT2D eigenvalue weighted by Gasteiger charge is -2.12. The van der Waals surface area contributed by atoms with E-state index in [9.17, 15) is 14.7 Å². The van der Waals surface area contributed by atoms with Crippen molar-refractivity contribution in [1.82, 2.24) is 0 Å². The number of ether oxygens (including phenoxy) is 2. The lowest BCUT2D eigenvalue weighted by molar-refractivity contribution is 0.0596. The second-order valence-electron chi connectivity index (χ2n) is 4.69. The molecule has 0 saturated heterocycles. The molecule has 22 heavy (non-hydrogen) atoms. The molecule has 5 nitrogen and oxygen atoms in total. The Balaban J connectivity index is 2.31. The van der Waals surface area contributed by atoms with Crippen molar-refractivity contribution in [2.75, 3.05) is 7.11 Å². The predicted molar refractivity (Wildman–Crippen MR) is 80.2 cm³/mol. The maximum absolute atomic E-state index is 11.8. The van der Waals surface area contributed by atoms with E-state index in [1.165, 1.54) is 26.2 Å². The van der Waals surface area contributed by atoms with Gasteiger partial charge in [-0.15, -0.1) is 0 Å². The molecule has 1 N–H and O–H groups in total. The van der Waals surface area contributed by atoms with E-state index in [1.807, 2.05) is 30.3 Å². The minimum absolute atomic E-state index is 0.0157. The first kappa shape index (κ1) is 15.6. The predicted octanol–water partition coefficient (Wildman–Crippen LogP) is 2.96. The quantitative estimate of drug-likeness (QED) is 0.679. The van der Waals surface area contributed by atoms with Gasteiger partial charge in [-0.1, -0.05) is 30.3 Å². The average Bonchev–Trinajstić information content (AvgIpc) is 2.52. The standard InChI is InChI=1S/C17H16O5/c1-11(18)16-14(17(20)21-2)8-13(9-15(16)19)22-10-12-6-4-3-5-7-12/h3-9,19H,10H2,1-2H3. The fourth-order valence-corrected chi connectivity index (χ4v) is 2.07. The number of esters is 1. The molecule has 0 aliphatic heterocycles. The molecule has 0 aliphatic rings. The fourth-order valence-electron chi connectivity index (χ4n) is 2.07. The van der Waals surface area contributed by atoms with Gasteiger partial charge < -0.3 is 14.6 Å². The number of methoxy groups -OCH3 is 1. The number of aromatic hydroxyl groups is 1. The molecule has 0 unspecified atom stereocenters. The van der Waals surface area contributed by atoms with E-state index in [0.29, 0.717) is 0 Å². The Hall–Kier alpha value is -2.82. The average molecular weight is 300 g/mol. The van der Waals surface area contributed by atoms with Crippen LogP contribution in [0, 0.1) is 0 Å². The van der Waals surface area contributed by atoms with Crippen molar-refractivity contribution >= 4 is 11.8 Å². The molecule has 0 saturated carbocycles. The summed E-state index contributed by atoms with van der Waals surface area (Å²) >= 11 is 0. The largest absolute Gasteiger partial charge is 0.507 e. The number of hydrogen-bond acceptors (Lipinski definition) is 5. The minimum Gasteiger partial charge on any atom is -0.507 e.